The van der Waals surface area contributed by atoms with Gasteiger partial charge < -0.3 is 15.4 Å². The van der Waals surface area contributed by atoms with Crippen molar-refractivity contribution in [2.75, 3.05) is 17.2 Å². The monoisotopic (exact) mass is 361 g/mol. The molecule has 0 saturated carbocycles. The van der Waals surface area contributed by atoms with Crippen LogP contribution in [0.2, 0.25) is 0 Å². The first-order valence-electron chi connectivity index (χ1n) is 8.41. The van der Waals surface area contributed by atoms with Crippen molar-refractivity contribution < 1.29 is 14.3 Å². The molecule has 1 heterocycles. The molecular weight excluding hydrogens is 342 g/mol. The number of carbonyl (C=O) groups is 2. The molecule has 0 spiro atoms. The minimum Gasteiger partial charge on any atom is -0.484 e. The predicted molar refractivity (Wildman–Crippen MR) is 104 cm³/mol. The summed E-state index contributed by atoms with van der Waals surface area (Å²) < 4.78 is 5.50. The SMILES string of the molecule is Cc1cccc(OCC(=O)Nc2ccccc2C(=O)Nc2cccnc2)c1. The highest BCUT2D eigenvalue weighted by atomic mass is 16.5. The maximum atomic E-state index is 12.5. The molecule has 3 rings (SSSR count). The molecule has 2 N–H and O–H groups in total. The van der Waals surface area contributed by atoms with Gasteiger partial charge in [0.15, 0.2) is 6.61 Å². The number of nitrogens with one attached hydrogen (secondary N) is 2. The fourth-order valence-corrected chi connectivity index (χ4v) is 2.47. The van der Waals surface area contributed by atoms with E-state index in [1.807, 2.05) is 25.1 Å². The standard InChI is InChI=1S/C21H19N3O3/c1-15-6-4-8-17(12-15)27-14-20(25)24-19-10-3-2-9-18(19)21(26)23-16-7-5-11-22-13-16/h2-13H,14H2,1H3,(H,23,26)(H,24,25). The maximum absolute atomic E-state index is 12.5. The number of hydrogen-bond donors (Lipinski definition) is 2. The fourth-order valence-electron chi connectivity index (χ4n) is 2.47. The van der Waals surface area contributed by atoms with Crippen LogP contribution < -0.4 is 15.4 Å². The van der Waals surface area contributed by atoms with Gasteiger partial charge in [-0.2, -0.15) is 0 Å². The largest absolute Gasteiger partial charge is 0.484 e. The van der Waals surface area contributed by atoms with Gasteiger partial charge in [-0.05, 0) is 48.9 Å². The number of para-hydroxylation sites is 1. The quantitative estimate of drug-likeness (QED) is 0.702. The second kappa shape index (κ2) is 8.62. The van der Waals surface area contributed by atoms with E-state index < -0.39 is 0 Å². The first-order chi connectivity index (χ1) is 13.1. The van der Waals surface area contributed by atoms with Gasteiger partial charge >= 0.3 is 0 Å². The number of hydrogen-bond acceptors (Lipinski definition) is 4. The Hall–Kier alpha value is -3.67. The molecule has 0 aliphatic carbocycles. The first-order valence-corrected chi connectivity index (χ1v) is 8.41. The van der Waals surface area contributed by atoms with Crippen LogP contribution in [0.5, 0.6) is 5.75 Å². The third kappa shape index (κ3) is 5.15. The molecule has 136 valence electrons. The number of ether oxygens (including phenoxy) is 1. The predicted octanol–water partition coefficient (Wildman–Crippen LogP) is 3.66. The van der Waals surface area contributed by atoms with Crippen LogP contribution in [0, 0.1) is 6.92 Å². The molecule has 3 aromatic rings. The van der Waals surface area contributed by atoms with Gasteiger partial charge in [0, 0.05) is 6.20 Å². The van der Waals surface area contributed by atoms with E-state index in [0.29, 0.717) is 22.7 Å². The Balaban J connectivity index is 1.64. The van der Waals surface area contributed by atoms with Gasteiger partial charge in [0.05, 0.1) is 23.1 Å². The van der Waals surface area contributed by atoms with Gasteiger partial charge in [-0.15, -0.1) is 0 Å². The van der Waals surface area contributed by atoms with Crippen molar-refractivity contribution in [3.8, 4) is 5.75 Å². The molecule has 0 bridgehead atoms. The number of carbonyl (C=O) groups excluding carboxylic acids is 2. The summed E-state index contributed by atoms with van der Waals surface area (Å²) in [5.41, 5.74) is 2.39. The fraction of sp³-hybridized carbons (Fsp3) is 0.0952. The van der Waals surface area contributed by atoms with Gasteiger partial charge in [0.25, 0.3) is 11.8 Å². The van der Waals surface area contributed by atoms with Gasteiger partial charge in [0.2, 0.25) is 0 Å². The normalized spacial score (nSPS) is 10.1. The summed E-state index contributed by atoms with van der Waals surface area (Å²) in [5.74, 6) is -0.0654. The van der Waals surface area contributed by atoms with Crippen LogP contribution >= 0.6 is 0 Å². The van der Waals surface area contributed by atoms with Crippen molar-refractivity contribution in [1.29, 1.82) is 0 Å². The smallest absolute Gasteiger partial charge is 0.262 e. The van der Waals surface area contributed by atoms with Crippen molar-refractivity contribution in [1.82, 2.24) is 4.98 Å². The van der Waals surface area contributed by atoms with Gasteiger partial charge in [0.1, 0.15) is 5.75 Å². The molecule has 0 aliphatic heterocycles. The zero-order chi connectivity index (χ0) is 19.1. The van der Waals surface area contributed by atoms with E-state index in [0.717, 1.165) is 5.56 Å². The number of pyridine rings is 1. The van der Waals surface area contributed by atoms with Gasteiger partial charge in [-0.3, -0.25) is 14.6 Å². The molecular formula is C21H19N3O3. The molecule has 0 unspecified atom stereocenters. The molecule has 0 aliphatic rings. The summed E-state index contributed by atoms with van der Waals surface area (Å²) >= 11 is 0. The van der Waals surface area contributed by atoms with Crippen LogP contribution in [0.1, 0.15) is 15.9 Å². The molecule has 27 heavy (non-hydrogen) atoms. The minimum atomic E-state index is -0.349. The number of anilines is 2. The number of benzene rings is 2. The Morgan fingerprint density at radius 1 is 1.00 bits per heavy atom. The third-order valence-electron chi connectivity index (χ3n) is 3.72. The molecule has 0 radical (unpaired) electrons. The van der Waals surface area contributed by atoms with Crippen molar-refractivity contribution in [3.63, 3.8) is 0 Å². The van der Waals surface area contributed by atoms with Gasteiger partial charge in [-0.1, -0.05) is 24.3 Å². The van der Waals surface area contributed by atoms with Crippen molar-refractivity contribution in [2.24, 2.45) is 0 Å². The lowest BCUT2D eigenvalue weighted by atomic mass is 10.1. The highest BCUT2D eigenvalue weighted by molar-refractivity contribution is 6.10. The zero-order valence-corrected chi connectivity index (χ0v) is 14.8. The van der Waals surface area contributed by atoms with E-state index in [9.17, 15) is 9.59 Å². The van der Waals surface area contributed by atoms with Crippen molar-refractivity contribution in [2.45, 2.75) is 6.92 Å². The molecule has 2 amide bonds. The van der Waals surface area contributed by atoms with Crippen LogP contribution in [0.3, 0.4) is 0 Å². The number of nitrogens with zero attached hydrogens (tertiary/aromatic N) is 1. The van der Waals surface area contributed by atoms with E-state index in [1.165, 1.54) is 0 Å². The van der Waals surface area contributed by atoms with Crippen LogP contribution in [0.15, 0.2) is 73.1 Å². The van der Waals surface area contributed by atoms with Crippen molar-refractivity contribution >= 4 is 23.2 Å². The lowest BCUT2D eigenvalue weighted by Crippen LogP contribution is -2.22. The van der Waals surface area contributed by atoms with Crippen LogP contribution in [-0.4, -0.2) is 23.4 Å². The highest BCUT2D eigenvalue weighted by Crippen LogP contribution is 2.17. The average molecular weight is 361 g/mol. The van der Waals surface area contributed by atoms with E-state index in [2.05, 4.69) is 15.6 Å². The van der Waals surface area contributed by atoms with E-state index >= 15 is 0 Å². The lowest BCUT2D eigenvalue weighted by Gasteiger charge is -2.12. The minimum absolute atomic E-state index is 0.151. The second-order valence-electron chi connectivity index (χ2n) is 5.89. The summed E-state index contributed by atoms with van der Waals surface area (Å²) in [7, 11) is 0. The molecule has 6 nitrogen and oxygen atoms in total. The zero-order valence-electron chi connectivity index (χ0n) is 14.8. The summed E-state index contributed by atoms with van der Waals surface area (Å²) in [6.45, 7) is 1.80. The highest BCUT2D eigenvalue weighted by Gasteiger charge is 2.13. The Kier molecular flexibility index (Phi) is 5.79. The molecule has 0 fully saturated rings. The first kappa shape index (κ1) is 18.1. The Morgan fingerprint density at radius 3 is 2.63 bits per heavy atom. The molecule has 0 saturated heterocycles. The maximum Gasteiger partial charge on any atom is 0.262 e. The summed E-state index contributed by atoms with van der Waals surface area (Å²) in [4.78, 5) is 28.7. The van der Waals surface area contributed by atoms with Crippen molar-refractivity contribution in [3.05, 3.63) is 84.2 Å². The number of rotatable bonds is 6. The Bertz CT molecular complexity index is 942. The Labute approximate surface area is 157 Å². The average Bonchev–Trinajstić information content (AvgIpc) is 2.68. The summed E-state index contributed by atoms with van der Waals surface area (Å²) in [5, 5.41) is 5.47. The van der Waals surface area contributed by atoms with E-state index in [4.69, 9.17) is 4.74 Å². The molecule has 1 aromatic heterocycles. The summed E-state index contributed by atoms with van der Waals surface area (Å²) in [6.07, 6.45) is 3.17. The molecule has 0 atom stereocenters. The third-order valence-corrected chi connectivity index (χ3v) is 3.72. The number of aryl methyl sites for hydroxylation is 1. The number of aromatic nitrogens is 1. The second-order valence-corrected chi connectivity index (χ2v) is 5.89. The van der Waals surface area contributed by atoms with E-state index in [-0.39, 0.29) is 18.4 Å². The van der Waals surface area contributed by atoms with Crippen LogP contribution in [-0.2, 0) is 4.79 Å². The van der Waals surface area contributed by atoms with Crippen LogP contribution in [0.4, 0.5) is 11.4 Å². The summed E-state index contributed by atoms with van der Waals surface area (Å²) in [6, 6.07) is 17.7. The topological polar surface area (TPSA) is 80.3 Å². The number of amides is 2. The van der Waals surface area contributed by atoms with Gasteiger partial charge in [-0.25, -0.2) is 0 Å². The molecule has 6 heteroatoms. The Morgan fingerprint density at radius 2 is 1.85 bits per heavy atom. The lowest BCUT2D eigenvalue weighted by molar-refractivity contribution is -0.118. The van der Waals surface area contributed by atoms with E-state index in [1.54, 1.807) is 54.9 Å². The molecule has 2 aromatic carbocycles. The van der Waals surface area contributed by atoms with Crippen LogP contribution in [0.25, 0.3) is 0 Å².